The van der Waals surface area contributed by atoms with E-state index in [1.165, 1.54) is 17.7 Å². The smallest absolute Gasteiger partial charge is 0.319 e. The average molecular weight is 471 g/mol. The van der Waals surface area contributed by atoms with Gasteiger partial charge in [-0.3, -0.25) is 0 Å². The number of nitriles is 1. The van der Waals surface area contributed by atoms with E-state index in [0.717, 1.165) is 50.9 Å². The molecular weight excluding hydrogens is 439 g/mol. The normalized spacial score (nSPS) is 15.2. The van der Waals surface area contributed by atoms with Gasteiger partial charge in [-0.05, 0) is 86.1 Å². The standard InChI is InChI=1S/C29H31FN4O/c30-26-11-9-22(10-12-26)19-23-13-16-34(17-14-23)18-15-28(25-6-2-1-3-7-25)33-29(35)32-27-8-4-5-24(20-27)21-31/h1-12,20,23,28H,13-19H2,(H2,32,33,35). The molecule has 6 heteroatoms. The van der Waals surface area contributed by atoms with Gasteiger partial charge in [0.2, 0.25) is 0 Å². The first-order valence-electron chi connectivity index (χ1n) is 12.2. The van der Waals surface area contributed by atoms with Crippen LogP contribution in [0.5, 0.6) is 0 Å². The summed E-state index contributed by atoms with van der Waals surface area (Å²) in [5.74, 6) is 0.434. The molecule has 1 aliphatic heterocycles. The van der Waals surface area contributed by atoms with E-state index in [1.807, 2.05) is 42.5 Å². The number of carbonyl (C=O) groups excluding carboxylic acids is 1. The number of urea groups is 1. The number of likely N-dealkylation sites (tertiary alicyclic amines) is 1. The average Bonchev–Trinajstić information content (AvgIpc) is 2.89. The molecule has 1 heterocycles. The highest BCUT2D eigenvalue weighted by molar-refractivity contribution is 5.89. The molecule has 2 N–H and O–H groups in total. The van der Waals surface area contributed by atoms with Crippen molar-refractivity contribution in [1.29, 1.82) is 5.26 Å². The van der Waals surface area contributed by atoms with Gasteiger partial charge in [0.1, 0.15) is 5.82 Å². The van der Waals surface area contributed by atoms with Crippen LogP contribution in [0.1, 0.15) is 42.0 Å². The molecule has 2 amide bonds. The Bertz CT molecular complexity index is 1140. The van der Waals surface area contributed by atoms with Crippen molar-refractivity contribution < 1.29 is 9.18 Å². The number of nitrogens with zero attached hydrogens (tertiary/aromatic N) is 2. The second-order valence-electron chi connectivity index (χ2n) is 9.16. The van der Waals surface area contributed by atoms with E-state index in [9.17, 15) is 9.18 Å². The monoisotopic (exact) mass is 470 g/mol. The molecule has 0 bridgehead atoms. The number of hydrogen-bond acceptors (Lipinski definition) is 3. The Morgan fingerprint density at radius 2 is 1.77 bits per heavy atom. The molecule has 180 valence electrons. The van der Waals surface area contributed by atoms with Gasteiger partial charge in [0.25, 0.3) is 0 Å². The Morgan fingerprint density at radius 3 is 2.49 bits per heavy atom. The number of benzene rings is 3. The zero-order valence-corrected chi connectivity index (χ0v) is 19.8. The Balaban J connectivity index is 1.30. The number of halogens is 1. The van der Waals surface area contributed by atoms with E-state index >= 15 is 0 Å². The van der Waals surface area contributed by atoms with E-state index in [4.69, 9.17) is 5.26 Å². The molecule has 0 aromatic heterocycles. The summed E-state index contributed by atoms with van der Waals surface area (Å²) in [6, 6.07) is 25.5. The summed E-state index contributed by atoms with van der Waals surface area (Å²) >= 11 is 0. The van der Waals surface area contributed by atoms with Gasteiger partial charge in [0.05, 0.1) is 17.7 Å². The Hall–Kier alpha value is -3.69. The van der Waals surface area contributed by atoms with Crippen molar-refractivity contribution in [1.82, 2.24) is 10.2 Å². The zero-order chi connectivity index (χ0) is 24.5. The number of rotatable bonds is 8. The van der Waals surface area contributed by atoms with Gasteiger partial charge in [0.15, 0.2) is 0 Å². The lowest BCUT2D eigenvalue weighted by Gasteiger charge is -2.33. The molecule has 4 rings (SSSR count). The van der Waals surface area contributed by atoms with Crippen molar-refractivity contribution in [2.45, 2.75) is 31.7 Å². The van der Waals surface area contributed by atoms with Gasteiger partial charge >= 0.3 is 6.03 Å². The molecule has 3 aromatic carbocycles. The molecule has 1 saturated heterocycles. The van der Waals surface area contributed by atoms with Crippen molar-refractivity contribution >= 4 is 11.7 Å². The zero-order valence-electron chi connectivity index (χ0n) is 19.8. The quantitative estimate of drug-likeness (QED) is 0.430. The molecule has 35 heavy (non-hydrogen) atoms. The van der Waals surface area contributed by atoms with Crippen LogP contribution in [-0.2, 0) is 6.42 Å². The number of anilines is 1. The SMILES string of the molecule is N#Cc1cccc(NC(=O)NC(CCN2CCC(Cc3ccc(F)cc3)CC2)c2ccccc2)c1. The highest BCUT2D eigenvalue weighted by Gasteiger charge is 2.22. The van der Waals surface area contributed by atoms with Crippen LogP contribution in [0.25, 0.3) is 0 Å². The third kappa shape index (κ3) is 7.40. The van der Waals surface area contributed by atoms with Crippen molar-refractivity contribution in [3.05, 3.63) is 101 Å². The maximum atomic E-state index is 13.2. The minimum absolute atomic E-state index is 0.118. The van der Waals surface area contributed by atoms with Crippen LogP contribution in [0.3, 0.4) is 0 Å². The lowest BCUT2D eigenvalue weighted by molar-refractivity contribution is 0.176. The third-order valence-electron chi connectivity index (χ3n) is 6.64. The van der Waals surface area contributed by atoms with Crippen LogP contribution in [0.15, 0.2) is 78.9 Å². The highest BCUT2D eigenvalue weighted by Crippen LogP contribution is 2.24. The fourth-order valence-corrected chi connectivity index (χ4v) is 4.68. The van der Waals surface area contributed by atoms with Crippen molar-refractivity contribution in [2.75, 3.05) is 25.0 Å². The minimum Gasteiger partial charge on any atom is -0.331 e. The van der Waals surface area contributed by atoms with Crippen LogP contribution in [-0.4, -0.2) is 30.6 Å². The summed E-state index contributed by atoms with van der Waals surface area (Å²) in [5.41, 5.74) is 3.37. The van der Waals surface area contributed by atoms with Gasteiger partial charge in [-0.25, -0.2) is 9.18 Å². The molecule has 0 radical (unpaired) electrons. The maximum Gasteiger partial charge on any atom is 0.319 e. The lowest BCUT2D eigenvalue weighted by atomic mass is 9.90. The summed E-state index contributed by atoms with van der Waals surface area (Å²) in [5, 5.41) is 15.1. The molecule has 0 saturated carbocycles. The molecule has 0 spiro atoms. The van der Waals surface area contributed by atoms with E-state index in [-0.39, 0.29) is 17.9 Å². The molecule has 5 nitrogen and oxygen atoms in total. The molecular formula is C29H31FN4O. The van der Waals surface area contributed by atoms with E-state index in [2.05, 4.69) is 21.6 Å². The Kier molecular flexibility index (Phi) is 8.48. The van der Waals surface area contributed by atoms with Crippen molar-refractivity contribution in [3.8, 4) is 6.07 Å². The molecule has 1 aliphatic rings. The number of amides is 2. The molecule has 1 fully saturated rings. The number of carbonyl (C=O) groups is 1. The van der Waals surface area contributed by atoms with Crippen molar-refractivity contribution in [2.24, 2.45) is 5.92 Å². The Morgan fingerprint density at radius 1 is 1.03 bits per heavy atom. The van der Waals surface area contributed by atoms with Gasteiger partial charge in [-0.15, -0.1) is 0 Å². The van der Waals surface area contributed by atoms with Crippen LogP contribution >= 0.6 is 0 Å². The highest BCUT2D eigenvalue weighted by atomic mass is 19.1. The lowest BCUT2D eigenvalue weighted by Crippen LogP contribution is -2.38. The summed E-state index contributed by atoms with van der Waals surface area (Å²) in [4.78, 5) is 15.2. The summed E-state index contributed by atoms with van der Waals surface area (Å²) in [7, 11) is 0. The predicted molar refractivity (Wildman–Crippen MR) is 136 cm³/mol. The van der Waals surface area contributed by atoms with Crippen LogP contribution < -0.4 is 10.6 Å². The predicted octanol–water partition coefficient (Wildman–Crippen LogP) is 5.90. The van der Waals surface area contributed by atoms with E-state index in [0.29, 0.717) is 17.2 Å². The fraction of sp³-hybridized carbons (Fsp3) is 0.310. The number of piperidine rings is 1. The van der Waals surface area contributed by atoms with Crippen molar-refractivity contribution in [3.63, 3.8) is 0 Å². The topological polar surface area (TPSA) is 68.2 Å². The second kappa shape index (κ2) is 12.1. The molecule has 0 aliphatic carbocycles. The Labute approximate surface area is 206 Å². The first kappa shape index (κ1) is 24.4. The van der Waals surface area contributed by atoms with Crippen LogP contribution in [0, 0.1) is 23.1 Å². The number of nitrogens with one attached hydrogen (secondary N) is 2. The summed E-state index contributed by atoms with van der Waals surface area (Å²) in [6.07, 6.45) is 4.04. The first-order chi connectivity index (χ1) is 17.1. The van der Waals surface area contributed by atoms with Crippen LogP contribution in [0.2, 0.25) is 0 Å². The van der Waals surface area contributed by atoms with Crippen LogP contribution in [0.4, 0.5) is 14.9 Å². The first-order valence-corrected chi connectivity index (χ1v) is 12.2. The van der Waals surface area contributed by atoms with E-state index in [1.54, 1.807) is 24.3 Å². The molecule has 1 atom stereocenters. The maximum absolute atomic E-state index is 13.2. The summed E-state index contributed by atoms with van der Waals surface area (Å²) in [6.45, 7) is 2.95. The van der Waals surface area contributed by atoms with Gasteiger partial charge in [0, 0.05) is 12.2 Å². The van der Waals surface area contributed by atoms with E-state index < -0.39 is 0 Å². The van der Waals surface area contributed by atoms with Gasteiger partial charge in [-0.1, -0.05) is 48.5 Å². The molecule has 1 unspecified atom stereocenters. The minimum atomic E-state index is -0.285. The fourth-order valence-electron chi connectivity index (χ4n) is 4.68. The summed E-state index contributed by atoms with van der Waals surface area (Å²) < 4.78 is 13.2. The second-order valence-corrected chi connectivity index (χ2v) is 9.16. The van der Waals surface area contributed by atoms with Gasteiger partial charge in [-0.2, -0.15) is 5.26 Å². The largest absolute Gasteiger partial charge is 0.331 e. The van der Waals surface area contributed by atoms with Gasteiger partial charge < -0.3 is 15.5 Å². The number of hydrogen-bond donors (Lipinski definition) is 2. The molecule has 3 aromatic rings. The third-order valence-corrected chi connectivity index (χ3v) is 6.64.